The van der Waals surface area contributed by atoms with Crippen LogP contribution in [0.15, 0.2) is 30.3 Å². The lowest BCUT2D eigenvalue weighted by atomic mass is 10.0. The van der Waals surface area contributed by atoms with Crippen LogP contribution in [0, 0.1) is 6.92 Å². The number of carbonyl (C=O) groups is 1. The van der Waals surface area contributed by atoms with Crippen LogP contribution in [0.25, 0.3) is 0 Å². The molecule has 4 rings (SSSR count). The van der Waals surface area contributed by atoms with Crippen LogP contribution in [0.3, 0.4) is 0 Å². The summed E-state index contributed by atoms with van der Waals surface area (Å²) in [6.45, 7) is 4.67. The van der Waals surface area contributed by atoms with E-state index in [1.54, 1.807) is 0 Å². The van der Waals surface area contributed by atoms with Gasteiger partial charge in [0.25, 0.3) is 0 Å². The summed E-state index contributed by atoms with van der Waals surface area (Å²) >= 11 is 0. The van der Waals surface area contributed by atoms with Crippen LogP contribution in [0.2, 0.25) is 0 Å². The van der Waals surface area contributed by atoms with Gasteiger partial charge in [-0.15, -0.1) is 0 Å². The third kappa shape index (κ3) is 3.29. The quantitative estimate of drug-likeness (QED) is 0.931. The monoisotopic (exact) mass is 336 g/mol. The normalized spacial score (nSPS) is 20.0. The molecule has 1 atom stereocenters. The summed E-state index contributed by atoms with van der Waals surface area (Å²) in [6.07, 6.45) is 3.22. The summed E-state index contributed by atoms with van der Waals surface area (Å²) in [7, 11) is 0. The third-order valence-corrected chi connectivity index (χ3v) is 5.25. The van der Waals surface area contributed by atoms with Gasteiger partial charge in [-0.3, -0.25) is 9.69 Å². The van der Waals surface area contributed by atoms with E-state index in [4.69, 9.17) is 9.97 Å². The maximum absolute atomic E-state index is 12.6. The highest BCUT2D eigenvalue weighted by Gasteiger charge is 2.29. The molecule has 0 radical (unpaired) electrons. The van der Waals surface area contributed by atoms with Gasteiger partial charge >= 0.3 is 0 Å². The predicted molar refractivity (Wildman–Crippen MR) is 97.8 cm³/mol. The SMILES string of the molecule is Cc1nc([C@H]2CCNC2)nc2c1CCC(=O)N2CCc1ccccc1. The number of carbonyl (C=O) groups excluding carboxylic acids is 1. The Morgan fingerprint density at radius 2 is 2.04 bits per heavy atom. The first-order valence-corrected chi connectivity index (χ1v) is 9.15. The number of anilines is 1. The minimum atomic E-state index is 0.178. The van der Waals surface area contributed by atoms with Crippen molar-refractivity contribution in [3.8, 4) is 0 Å². The van der Waals surface area contributed by atoms with Crippen LogP contribution in [-0.2, 0) is 17.6 Å². The Hall–Kier alpha value is -2.27. The molecular formula is C20H24N4O. The molecule has 2 aromatic rings. The average Bonchev–Trinajstić information content (AvgIpc) is 3.16. The van der Waals surface area contributed by atoms with E-state index >= 15 is 0 Å². The first kappa shape index (κ1) is 16.2. The first-order chi connectivity index (χ1) is 12.2. The zero-order chi connectivity index (χ0) is 17.2. The molecule has 0 bridgehead atoms. The summed E-state index contributed by atoms with van der Waals surface area (Å²) in [5, 5.41) is 3.38. The van der Waals surface area contributed by atoms with Crippen molar-refractivity contribution in [2.45, 2.75) is 38.5 Å². The Morgan fingerprint density at radius 3 is 2.80 bits per heavy atom. The van der Waals surface area contributed by atoms with E-state index in [-0.39, 0.29) is 5.91 Å². The number of nitrogens with one attached hydrogen (secondary N) is 1. The highest BCUT2D eigenvalue weighted by Crippen LogP contribution is 2.30. The number of nitrogens with zero attached hydrogens (tertiary/aromatic N) is 3. The van der Waals surface area contributed by atoms with Gasteiger partial charge in [-0.2, -0.15) is 0 Å². The zero-order valence-electron chi connectivity index (χ0n) is 14.7. The molecule has 1 N–H and O–H groups in total. The van der Waals surface area contributed by atoms with Crippen LogP contribution in [0.4, 0.5) is 5.82 Å². The molecule has 1 fully saturated rings. The third-order valence-electron chi connectivity index (χ3n) is 5.25. The summed E-state index contributed by atoms with van der Waals surface area (Å²) < 4.78 is 0. The number of rotatable bonds is 4. The van der Waals surface area contributed by atoms with Gasteiger partial charge in [0.1, 0.15) is 11.6 Å². The van der Waals surface area contributed by atoms with Crippen LogP contribution in [-0.4, -0.2) is 35.5 Å². The maximum atomic E-state index is 12.6. The van der Waals surface area contributed by atoms with Crippen molar-refractivity contribution < 1.29 is 4.79 Å². The molecule has 3 heterocycles. The molecule has 1 aromatic heterocycles. The lowest BCUT2D eigenvalue weighted by molar-refractivity contribution is -0.118. The number of fused-ring (bicyclic) bond motifs is 1. The fourth-order valence-electron chi connectivity index (χ4n) is 3.78. The molecule has 1 amide bonds. The van der Waals surface area contributed by atoms with Gasteiger partial charge in [0.05, 0.1) is 0 Å². The molecule has 2 aliphatic rings. The minimum Gasteiger partial charge on any atom is -0.316 e. The Kier molecular flexibility index (Phi) is 4.49. The molecule has 5 heteroatoms. The molecule has 0 aliphatic carbocycles. The molecular weight excluding hydrogens is 312 g/mol. The van der Waals surface area contributed by atoms with E-state index in [1.165, 1.54) is 5.56 Å². The van der Waals surface area contributed by atoms with E-state index in [1.807, 2.05) is 23.1 Å². The van der Waals surface area contributed by atoms with Crippen molar-refractivity contribution in [2.24, 2.45) is 0 Å². The minimum absolute atomic E-state index is 0.178. The second-order valence-electron chi connectivity index (χ2n) is 6.94. The molecule has 5 nitrogen and oxygen atoms in total. The van der Waals surface area contributed by atoms with Crippen LogP contribution < -0.4 is 10.2 Å². The van der Waals surface area contributed by atoms with Crippen molar-refractivity contribution >= 4 is 11.7 Å². The maximum Gasteiger partial charge on any atom is 0.228 e. The van der Waals surface area contributed by atoms with E-state index in [2.05, 4.69) is 24.4 Å². The standard InChI is InChI=1S/C20H24N4O/c1-14-17-7-8-18(25)24(12-10-15-5-3-2-4-6-15)20(17)23-19(22-14)16-9-11-21-13-16/h2-6,16,21H,7-13H2,1H3/t16-/m0/s1. The Balaban J connectivity index is 1.63. The Bertz CT molecular complexity index is 769. The van der Waals surface area contributed by atoms with Crippen LogP contribution in [0.5, 0.6) is 0 Å². The predicted octanol–water partition coefficient (Wildman–Crippen LogP) is 2.38. The lowest BCUT2D eigenvalue weighted by Gasteiger charge is -2.30. The molecule has 1 aromatic carbocycles. The Morgan fingerprint density at radius 1 is 1.20 bits per heavy atom. The number of aromatic nitrogens is 2. The van der Waals surface area contributed by atoms with Gasteiger partial charge in [-0.25, -0.2) is 9.97 Å². The van der Waals surface area contributed by atoms with Gasteiger partial charge in [-0.05, 0) is 38.3 Å². The molecule has 25 heavy (non-hydrogen) atoms. The van der Waals surface area contributed by atoms with E-state index in [0.717, 1.165) is 55.3 Å². The molecule has 0 saturated carbocycles. The number of hydrogen-bond acceptors (Lipinski definition) is 4. The molecule has 0 spiro atoms. The first-order valence-electron chi connectivity index (χ1n) is 9.15. The lowest BCUT2D eigenvalue weighted by Crippen LogP contribution is -2.38. The molecule has 0 unspecified atom stereocenters. The highest BCUT2D eigenvalue weighted by atomic mass is 16.2. The average molecular weight is 336 g/mol. The van der Waals surface area contributed by atoms with Crippen molar-refractivity contribution in [3.63, 3.8) is 0 Å². The highest BCUT2D eigenvalue weighted by molar-refractivity contribution is 5.95. The largest absolute Gasteiger partial charge is 0.316 e. The van der Waals surface area contributed by atoms with Crippen molar-refractivity contribution in [1.29, 1.82) is 0 Å². The van der Waals surface area contributed by atoms with Crippen molar-refractivity contribution in [1.82, 2.24) is 15.3 Å². The fraction of sp³-hybridized carbons (Fsp3) is 0.450. The number of benzene rings is 1. The Labute approximate surface area is 148 Å². The summed E-state index contributed by atoms with van der Waals surface area (Å²) in [5.74, 6) is 2.27. The number of hydrogen-bond donors (Lipinski definition) is 1. The summed E-state index contributed by atoms with van der Waals surface area (Å²) in [5.41, 5.74) is 3.42. The van der Waals surface area contributed by atoms with Gasteiger partial charge in [-0.1, -0.05) is 30.3 Å². The number of amides is 1. The summed E-state index contributed by atoms with van der Waals surface area (Å²) in [4.78, 5) is 24.1. The van der Waals surface area contributed by atoms with Crippen molar-refractivity contribution in [2.75, 3.05) is 24.5 Å². The zero-order valence-corrected chi connectivity index (χ0v) is 14.7. The summed E-state index contributed by atoms with van der Waals surface area (Å²) in [6, 6.07) is 10.3. The smallest absolute Gasteiger partial charge is 0.228 e. The molecule has 1 saturated heterocycles. The second-order valence-corrected chi connectivity index (χ2v) is 6.94. The second kappa shape index (κ2) is 6.92. The van der Waals surface area contributed by atoms with Crippen molar-refractivity contribution in [3.05, 3.63) is 53.0 Å². The van der Waals surface area contributed by atoms with E-state index < -0.39 is 0 Å². The number of aryl methyl sites for hydroxylation is 1. The van der Waals surface area contributed by atoms with Gasteiger partial charge in [0.15, 0.2) is 0 Å². The van der Waals surface area contributed by atoms with Crippen LogP contribution >= 0.6 is 0 Å². The van der Waals surface area contributed by atoms with E-state index in [0.29, 0.717) is 18.9 Å². The van der Waals surface area contributed by atoms with Gasteiger partial charge in [0.2, 0.25) is 5.91 Å². The topological polar surface area (TPSA) is 58.1 Å². The fourth-order valence-corrected chi connectivity index (χ4v) is 3.78. The van der Waals surface area contributed by atoms with Gasteiger partial charge < -0.3 is 5.32 Å². The molecule has 130 valence electrons. The van der Waals surface area contributed by atoms with Crippen LogP contribution in [0.1, 0.15) is 41.4 Å². The van der Waals surface area contributed by atoms with Gasteiger partial charge in [0, 0.05) is 36.7 Å². The van der Waals surface area contributed by atoms with E-state index in [9.17, 15) is 4.79 Å². The molecule has 2 aliphatic heterocycles.